The molecule has 1 aromatic heterocycles. The van der Waals surface area contributed by atoms with Gasteiger partial charge >= 0.3 is 0 Å². The van der Waals surface area contributed by atoms with Gasteiger partial charge in [-0.05, 0) is 30.6 Å². The Morgan fingerprint density at radius 1 is 1.21 bits per heavy atom. The molecule has 0 aromatic carbocycles. The molecule has 1 aliphatic rings. The van der Waals surface area contributed by atoms with Crippen molar-refractivity contribution in [3.63, 3.8) is 0 Å². The highest BCUT2D eigenvalue weighted by Gasteiger charge is 2.27. The Kier molecular flexibility index (Phi) is 4.40. The molecule has 0 amide bonds. The fourth-order valence-electron chi connectivity index (χ4n) is 2.94. The number of anilines is 1. The Balaban J connectivity index is 2.11. The van der Waals surface area contributed by atoms with Crippen molar-refractivity contribution < 1.29 is 0 Å². The summed E-state index contributed by atoms with van der Waals surface area (Å²) in [6, 6.07) is 0. The molecule has 19 heavy (non-hydrogen) atoms. The average Bonchev–Trinajstić information content (AvgIpc) is 2.64. The zero-order valence-corrected chi connectivity index (χ0v) is 12.4. The summed E-state index contributed by atoms with van der Waals surface area (Å²) in [4.78, 5) is 11.2. The third-order valence-corrected chi connectivity index (χ3v) is 4.20. The Morgan fingerprint density at radius 2 is 1.95 bits per heavy atom. The Bertz CT molecular complexity index is 411. The van der Waals surface area contributed by atoms with Gasteiger partial charge in [0.25, 0.3) is 0 Å². The molecule has 1 aromatic rings. The van der Waals surface area contributed by atoms with Crippen LogP contribution < -0.4 is 10.6 Å². The summed E-state index contributed by atoms with van der Waals surface area (Å²) in [5, 5.41) is 0. The van der Waals surface area contributed by atoms with Crippen LogP contribution in [-0.4, -0.2) is 23.1 Å². The van der Waals surface area contributed by atoms with Crippen molar-refractivity contribution in [2.75, 3.05) is 18.0 Å². The largest absolute Gasteiger partial charge is 0.355 e. The van der Waals surface area contributed by atoms with E-state index < -0.39 is 0 Å². The van der Waals surface area contributed by atoms with Gasteiger partial charge in [-0.25, -0.2) is 4.98 Å². The van der Waals surface area contributed by atoms with Crippen molar-refractivity contribution in [3.8, 4) is 0 Å². The van der Waals surface area contributed by atoms with E-state index in [0.29, 0.717) is 12.0 Å². The van der Waals surface area contributed by atoms with Crippen LogP contribution in [0.1, 0.15) is 45.7 Å². The fraction of sp³-hybridized carbons (Fsp3) is 0.733. The number of nitrogens with zero attached hydrogens (tertiary/aromatic N) is 3. The maximum atomic E-state index is 5.76. The lowest BCUT2D eigenvalue weighted by molar-refractivity contribution is 0.220. The van der Waals surface area contributed by atoms with E-state index in [1.54, 1.807) is 12.4 Å². The van der Waals surface area contributed by atoms with Crippen molar-refractivity contribution in [2.24, 2.45) is 17.1 Å². The van der Waals surface area contributed by atoms with Gasteiger partial charge in [-0.15, -0.1) is 0 Å². The lowest BCUT2D eigenvalue weighted by Crippen LogP contribution is -2.28. The molecule has 1 fully saturated rings. The van der Waals surface area contributed by atoms with E-state index in [0.717, 1.165) is 30.5 Å². The molecule has 1 saturated heterocycles. The first-order valence-electron chi connectivity index (χ1n) is 7.27. The van der Waals surface area contributed by atoms with Crippen LogP contribution in [0, 0.1) is 11.3 Å². The molecular formula is C15H26N4. The smallest absolute Gasteiger partial charge is 0.151 e. The third kappa shape index (κ3) is 3.44. The maximum absolute atomic E-state index is 5.76. The maximum Gasteiger partial charge on any atom is 0.151 e. The summed E-state index contributed by atoms with van der Waals surface area (Å²) in [7, 11) is 0. The summed E-state index contributed by atoms with van der Waals surface area (Å²) >= 11 is 0. The topological polar surface area (TPSA) is 55.0 Å². The van der Waals surface area contributed by atoms with Crippen LogP contribution >= 0.6 is 0 Å². The van der Waals surface area contributed by atoms with E-state index in [9.17, 15) is 0 Å². The van der Waals surface area contributed by atoms with Gasteiger partial charge in [0, 0.05) is 32.0 Å². The van der Waals surface area contributed by atoms with Crippen molar-refractivity contribution in [1.82, 2.24) is 9.97 Å². The number of hydrogen-bond donors (Lipinski definition) is 1. The first kappa shape index (κ1) is 14.3. The van der Waals surface area contributed by atoms with Crippen LogP contribution in [0.4, 0.5) is 5.82 Å². The zero-order valence-electron chi connectivity index (χ0n) is 12.4. The van der Waals surface area contributed by atoms with Gasteiger partial charge in [-0.1, -0.05) is 20.8 Å². The van der Waals surface area contributed by atoms with Crippen molar-refractivity contribution in [1.29, 1.82) is 0 Å². The lowest BCUT2D eigenvalue weighted by atomic mass is 9.77. The number of nitrogens with two attached hydrogens (primary N) is 1. The molecule has 4 heteroatoms. The van der Waals surface area contributed by atoms with Gasteiger partial charge in [-0.3, -0.25) is 4.98 Å². The number of rotatable bonds is 2. The van der Waals surface area contributed by atoms with Crippen LogP contribution in [0.2, 0.25) is 0 Å². The predicted octanol–water partition coefficient (Wildman–Crippen LogP) is 2.59. The van der Waals surface area contributed by atoms with Gasteiger partial charge in [0.05, 0.1) is 5.69 Å². The highest BCUT2D eigenvalue weighted by molar-refractivity contribution is 5.43. The van der Waals surface area contributed by atoms with Crippen LogP contribution in [0.3, 0.4) is 0 Å². The lowest BCUT2D eigenvalue weighted by Gasteiger charge is -2.30. The second-order valence-electron chi connectivity index (χ2n) is 6.51. The normalized spacial score (nSPS) is 21.3. The molecule has 2 heterocycles. The van der Waals surface area contributed by atoms with E-state index in [1.807, 2.05) is 0 Å². The van der Waals surface area contributed by atoms with Crippen molar-refractivity contribution in [3.05, 3.63) is 18.1 Å². The van der Waals surface area contributed by atoms with E-state index in [1.165, 1.54) is 19.3 Å². The van der Waals surface area contributed by atoms with E-state index in [2.05, 4.69) is 35.6 Å². The fourth-order valence-corrected chi connectivity index (χ4v) is 2.94. The Hall–Kier alpha value is -1.16. The summed E-state index contributed by atoms with van der Waals surface area (Å²) in [5.41, 5.74) is 7.08. The highest BCUT2D eigenvalue weighted by atomic mass is 15.2. The van der Waals surface area contributed by atoms with Gasteiger partial charge in [0.15, 0.2) is 5.82 Å². The molecule has 0 spiro atoms. The summed E-state index contributed by atoms with van der Waals surface area (Å²) in [6.45, 7) is 9.64. The molecule has 1 aliphatic heterocycles. The Labute approximate surface area is 116 Å². The van der Waals surface area contributed by atoms with Crippen molar-refractivity contribution >= 4 is 5.82 Å². The summed E-state index contributed by atoms with van der Waals surface area (Å²) < 4.78 is 0. The van der Waals surface area contributed by atoms with E-state index in [-0.39, 0.29) is 0 Å². The minimum atomic E-state index is 0.398. The standard InChI is InChI=1S/C15H26N4/c1-15(2,3)12-5-4-9-19(10-6-12)14-13(11-16)17-7-8-18-14/h7-8,12H,4-6,9-11,16H2,1-3H3. The summed E-state index contributed by atoms with van der Waals surface area (Å²) in [6.07, 6.45) is 7.24. The first-order valence-corrected chi connectivity index (χ1v) is 7.27. The van der Waals surface area contributed by atoms with Crippen LogP contribution in [0.15, 0.2) is 12.4 Å². The molecule has 0 saturated carbocycles. The predicted molar refractivity (Wildman–Crippen MR) is 78.9 cm³/mol. The van der Waals surface area contributed by atoms with E-state index >= 15 is 0 Å². The molecule has 0 bridgehead atoms. The van der Waals surface area contributed by atoms with Crippen LogP contribution in [0.25, 0.3) is 0 Å². The van der Waals surface area contributed by atoms with Gasteiger partial charge in [0.2, 0.25) is 0 Å². The second-order valence-corrected chi connectivity index (χ2v) is 6.51. The minimum absolute atomic E-state index is 0.398. The molecule has 1 unspecified atom stereocenters. The number of aromatic nitrogens is 2. The van der Waals surface area contributed by atoms with Crippen LogP contribution in [0.5, 0.6) is 0 Å². The molecule has 0 aliphatic carbocycles. The Morgan fingerprint density at radius 3 is 2.63 bits per heavy atom. The second kappa shape index (κ2) is 5.87. The molecule has 4 nitrogen and oxygen atoms in total. The molecule has 2 rings (SSSR count). The SMILES string of the molecule is CC(C)(C)C1CCCN(c2nccnc2CN)CC1. The highest BCUT2D eigenvalue weighted by Crippen LogP contribution is 2.35. The molecule has 0 radical (unpaired) electrons. The van der Waals surface area contributed by atoms with Gasteiger partial charge < -0.3 is 10.6 Å². The average molecular weight is 262 g/mol. The summed E-state index contributed by atoms with van der Waals surface area (Å²) in [5.74, 6) is 1.77. The molecular weight excluding hydrogens is 236 g/mol. The molecule has 1 atom stereocenters. The zero-order chi connectivity index (χ0) is 13.9. The molecule has 2 N–H and O–H groups in total. The number of hydrogen-bond acceptors (Lipinski definition) is 4. The van der Waals surface area contributed by atoms with E-state index in [4.69, 9.17) is 5.73 Å². The van der Waals surface area contributed by atoms with Crippen LogP contribution in [-0.2, 0) is 6.54 Å². The van der Waals surface area contributed by atoms with Crippen molar-refractivity contribution in [2.45, 2.75) is 46.6 Å². The first-order chi connectivity index (χ1) is 9.02. The molecule has 106 valence electrons. The monoisotopic (exact) mass is 262 g/mol. The minimum Gasteiger partial charge on any atom is -0.355 e. The van der Waals surface area contributed by atoms with Gasteiger partial charge in [0.1, 0.15) is 0 Å². The third-order valence-electron chi connectivity index (χ3n) is 4.20. The van der Waals surface area contributed by atoms with Gasteiger partial charge in [-0.2, -0.15) is 0 Å². The quantitative estimate of drug-likeness (QED) is 0.890.